The first-order valence-electron chi connectivity index (χ1n) is 5.34. The van der Waals surface area contributed by atoms with Crippen molar-refractivity contribution in [1.82, 2.24) is 14.8 Å². The van der Waals surface area contributed by atoms with Crippen LogP contribution in [0.4, 0.5) is 0 Å². The molecule has 0 saturated heterocycles. The number of halogens is 1. The van der Waals surface area contributed by atoms with Gasteiger partial charge < -0.3 is 4.57 Å². The SMILES string of the molecule is Cn1c(C2C3CCCC32)nnc1S(=O)(=O)Cl. The smallest absolute Gasteiger partial charge is 0.296 e. The summed E-state index contributed by atoms with van der Waals surface area (Å²) in [6.07, 6.45) is 3.74. The van der Waals surface area contributed by atoms with E-state index in [1.807, 2.05) is 0 Å². The summed E-state index contributed by atoms with van der Waals surface area (Å²) in [4.78, 5) is 0. The van der Waals surface area contributed by atoms with Gasteiger partial charge in [0.2, 0.25) is 0 Å². The predicted octanol–water partition coefficient (Wildman–Crippen LogP) is 1.26. The molecule has 0 radical (unpaired) electrons. The molecule has 1 aromatic heterocycles. The third kappa shape index (κ3) is 1.39. The molecule has 2 unspecified atom stereocenters. The van der Waals surface area contributed by atoms with Crippen LogP contribution < -0.4 is 0 Å². The molecule has 0 bridgehead atoms. The molecule has 1 aromatic rings. The fraction of sp³-hybridized carbons (Fsp3) is 0.778. The number of hydrogen-bond donors (Lipinski definition) is 0. The Bertz CT molecular complexity index is 529. The average Bonchev–Trinajstić information content (AvgIpc) is 2.63. The zero-order valence-electron chi connectivity index (χ0n) is 8.80. The van der Waals surface area contributed by atoms with Gasteiger partial charge >= 0.3 is 0 Å². The molecule has 2 fully saturated rings. The third-order valence-corrected chi connectivity index (χ3v) is 5.00. The lowest BCUT2D eigenvalue weighted by Gasteiger charge is -2.03. The van der Waals surface area contributed by atoms with E-state index < -0.39 is 9.05 Å². The molecule has 2 atom stereocenters. The molecule has 3 rings (SSSR count). The van der Waals surface area contributed by atoms with Crippen LogP contribution in [-0.2, 0) is 16.1 Å². The van der Waals surface area contributed by atoms with Gasteiger partial charge in [-0.05, 0) is 24.7 Å². The van der Waals surface area contributed by atoms with Crippen molar-refractivity contribution in [1.29, 1.82) is 0 Å². The Morgan fingerprint density at radius 2 is 1.94 bits per heavy atom. The van der Waals surface area contributed by atoms with Gasteiger partial charge in [-0.15, -0.1) is 10.2 Å². The van der Waals surface area contributed by atoms with Gasteiger partial charge in [0.1, 0.15) is 5.82 Å². The summed E-state index contributed by atoms with van der Waals surface area (Å²) in [5.41, 5.74) is 0. The molecule has 2 saturated carbocycles. The van der Waals surface area contributed by atoms with Gasteiger partial charge in [0.25, 0.3) is 14.2 Å². The minimum atomic E-state index is -3.78. The molecule has 16 heavy (non-hydrogen) atoms. The molecule has 2 aliphatic rings. The number of hydrogen-bond acceptors (Lipinski definition) is 4. The largest absolute Gasteiger partial charge is 0.304 e. The fourth-order valence-electron chi connectivity index (χ4n) is 3.03. The predicted molar refractivity (Wildman–Crippen MR) is 57.6 cm³/mol. The summed E-state index contributed by atoms with van der Waals surface area (Å²) in [7, 11) is 3.16. The van der Waals surface area contributed by atoms with Gasteiger partial charge in [-0.1, -0.05) is 6.42 Å². The van der Waals surface area contributed by atoms with E-state index in [9.17, 15) is 8.42 Å². The fourth-order valence-corrected chi connectivity index (χ4v) is 4.00. The second-order valence-electron chi connectivity index (χ2n) is 4.62. The Hall–Kier alpha value is -0.620. The highest BCUT2D eigenvalue weighted by atomic mass is 35.7. The molecule has 88 valence electrons. The van der Waals surface area contributed by atoms with Crippen LogP contribution in [0.1, 0.15) is 31.0 Å². The Morgan fingerprint density at radius 1 is 1.31 bits per heavy atom. The van der Waals surface area contributed by atoms with Crippen molar-refractivity contribution in [3.05, 3.63) is 5.82 Å². The monoisotopic (exact) mass is 261 g/mol. The average molecular weight is 262 g/mol. The zero-order chi connectivity index (χ0) is 11.5. The van der Waals surface area contributed by atoms with E-state index in [0.29, 0.717) is 17.8 Å². The van der Waals surface area contributed by atoms with Crippen LogP contribution in [0.3, 0.4) is 0 Å². The van der Waals surface area contributed by atoms with Crippen molar-refractivity contribution in [2.24, 2.45) is 18.9 Å². The van der Waals surface area contributed by atoms with E-state index >= 15 is 0 Å². The highest BCUT2D eigenvalue weighted by Crippen LogP contribution is 2.62. The summed E-state index contributed by atoms with van der Waals surface area (Å²) in [6, 6.07) is 0. The quantitative estimate of drug-likeness (QED) is 0.752. The molecule has 0 aromatic carbocycles. The van der Waals surface area contributed by atoms with Gasteiger partial charge in [0.05, 0.1) is 0 Å². The lowest BCUT2D eigenvalue weighted by atomic mass is 10.1. The maximum atomic E-state index is 11.2. The second kappa shape index (κ2) is 3.20. The lowest BCUT2D eigenvalue weighted by Crippen LogP contribution is -2.05. The van der Waals surface area contributed by atoms with Crippen molar-refractivity contribution in [3.8, 4) is 0 Å². The van der Waals surface area contributed by atoms with Crippen LogP contribution in [0.5, 0.6) is 0 Å². The van der Waals surface area contributed by atoms with Gasteiger partial charge in [-0.2, -0.15) is 0 Å². The Labute approximate surface area is 98.2 Å². The van der Waals surface area contributed by atoms with Gasteiger partial charge in [0.15, 0.2) is 0 Å². The van der Waals surface area contributed by atoms with E-state index in [-0.39, 0.29) is 5.16 Å². The van der Waals surface area contributed by atoms with Crippen LogP contribution >= 0.6 is 10.7 Å². The van der Waals surface area contributed by atoms with Crippen molar-refractivity contribution >= 4 is 19.7 Å². The first-order chi connectivity index (χ1) is 7.50. The zero-order valence-corrected chi connectivity index (χ0v) is 10.4. The van der Waals surface area contributed by atoms with Crippen LogP contribution in [0.15, 0.2) is 5.16 Å². The van der Waals surface area contributed by atoms with Crippen molar-refractivity contribution in [3.63, 3.8) is 0 Å². The number of aromatic nitrogens is 3. The van der Waals surface area contributed by atoms with Gasteiger partial charge in [0, 0.05) is 23.6 Å². The van der Waals surface area contributed by atoms with Crippen LogP contribution in [0.25, 0.3) is 0 Å². The molecule has 0 N–H and O–H groups in total. The third-order valence-electron chi connectivity index (χ3n) is 3.79. The number of nitrogens with zero attached hydrogens (tertiary/aromatic N) is 3. The van der Waals surface area contributed by atoms with E-state index in [0.717, 1.165) is 5.82 Å². The first-order valence-corrected chi connectivity index (χ1v) is 7.65. The molecule has 0 amide bonds. The normalized spacial score (nSPS) is 32.8. The highest BCUT2D eigenvalue weighted by molar-refractivity contribution is 8.13. The molecular weight excluding hydrogens is 250 g/mol. The van der Waals surface area contributed by atoms with Gasteiger partial charge in [-0.3, -0.25) is 0 Å². The first kappa shape index (κ1) is 10.5. The molecular formula is C9H12ClN3O2S. The number of fused-ring (bicyclic) bond motifs is 1. The van der Waals surface area contributed by atoms with Gasteiger partial charge in [-0.25, -0.2) is 8.42 Å². The Balaban J connectivity index is 1.96. The summed E-state index contributed by atoms with van der Waals surface area (Å²) in [5, 5.41) is 7.50. The minimum Gasteiger partial charge on any atom is -0.304 e. The maximum Gasteiger partial charge on any atom is 0.296 e. The van der Waals surface area contributed by atoms with Crippen LogP contribution in [0.2, 0.25) is 0 Å². The van der Waals surface area contributed by atoms with Crippen molar-refractivity contribution in [2.45, 2.75) is 30.3 Å². The molecule has 0 aliphatic heterocycles. The standard InChI is InChI=1S/C9H12ClN3O2S/c1-13-8(7-5-3-2-4-6(5)7)11-12-9(13)16(10,14)15/h5-7H,2-4H2,1H3. The summed E-state index contributed by atoms with van der Waals surface area (Å²) < 4.78 is 23.9. The number of rotatable bonds is 2. The van der Waals surface area contributed by atoms with E-state index in [2.05, 4.69) is 10.2 Å². The molecule has 2 aliphatic carbocycles. The van der Waals surface area contributed by atoms with E-state index in [4.69, 9.17) is 10.7 Å². The molecule has 0 spiro atoms. The summed E-state index contributed by atoms with van der Waals surface area (Å²) >= 11 is 0. The maximum absolute atomic E-state index is 11.2. The van der Waals surface area contributed by atoms with Crippen molar-refractivity contribution in [2.75, 3.05) is 0 Å². The minimum absolute atomic E-state index is 0.144. The summed E-state index contributed by atoms with van der Waals surface area (Å²) in [5.74, 6) is 2.55. The summed E-state index contributed by atoms with van der Waals surface area (Å²) in [6.45, 7) is 0. The molecule has 1 heterocycles. The lowest BCUT2D eigenvalue weighted by molar-refractivity contribution is 0.585. The molecule has 5 nitrogen and oxygen atoms in total. The Morgan fingerprint density at radius 3 is 2.44 bits per heavy atom. The van der Waals surface area contributed by atoms with E-state index in [1.165, 1.54) is 23.8 Å². The topological polar surface area (TPSA) is 64.8 Å². The van der Waals surface area contributed by atoms with Crippen molar-refractivity contribution < 1.29 is 8.42 Å². The highest BCUT2D eigenvalue weighted by Gasteiger charge is 2.55. The van der Waals surface area contributed by atoms with Crippen LogP contribution in [0, 0.1) is 11.8 Å². The van der Waals surface area contributed by atoms with E-state index in [1.54, 1.807) is 7.05 Å². The molecule has 7 heteroatoms. The Kier molecular flexibility index (Phi) is 2.10. The second-order valence-corrected chi connectivity index (χ2v) is 7.08. The van der Waals surface area contributed by atoms with Crippen LogP contribution in [-0.4, -0.2) is 23.2 Å².